The van der Waals surface area contributed by atoms with Crippen LogP contribution in [0.4, 0.5) is 8.78 Å². The first-order valence-electron chi connectivity index (χ1n) is 6.35. The summed E-state index contributed by atoms with van der Waals surface area (Å²) < 4.78 is 33.6. The van der Waals surface area contributed by atoms with Gasteiger partial charge >= 0.3 is 0 Å². The first-order valence-corrected chi connectivity index (χ1v) is 7.14. The highest BCUT2D eigenvalue weighted by Crippen LogP contribution is 2.29. The number of furan rings is 1. The normalized spacial score (nSPS) is 12.9. The van der Waals surface area contributed by atoms with Gasteiger partial charge in [-0.15, -0.1) is 0 Å². The van der Waals surface area contributed by atoms with Crippen molar-refractivity contribution in [2.75, 3.05) is 0 Å². The number of benzene rings is 1. The average Bonchev–Trinajstić information content (AvgIpc) is 2.77. The van der Waals surface area contributed by atoms with Crippen LogP contribution < -0.4 is 5.32 Å². The van der Waals surface area contributed by atoms with Gasteiger partial charge in [0.1, 0.15) is 17.4 Å². The molecule has 0 saturated carbocycles. The van der Waals surface area contributed by atoms with E-state index in [9.17, 15) is 8.78 Å². The monoisotopic (exact) mass is 343 g/mol. The second kappa shape index (κ2) is 6.06. The van der Waals surface area contributed by atoms with Gasteiger partial charge in [0.2, 0.25) is 0 Å². The molecule has 1 aromatic carbocycles. The van der Waals surface area contributed by atoms with E-state index in [-0.39, 0.29) is 6.04 Å². The summed E-state index contributed by atoms with van der Waals surface area (Å²) in [6, 6.07) is 5.61. The Kier molecular flexibility index (Phi) is 4.60. The van der Waals surface area contributed by atoms with Crippen molar-refractivity contribution in [2.45, 2.75) is 32.9 Å². The van der Waals surface area contributed by atoms with Crippen LogP contribution in [0.25, 0.3) is 0 Å². The first-order chi connectivity index (χ1) is 9.38. The molecule has 108 valence electrons. The molecule has 0 bridgehead atoms. The molecule has 0 aliphatic rings. The van der Waals surface area contributed by atoms with Crippen LogP contribution in [-0.4, -0.2) is 6.04 Å². The topological polar surface area (TPSA) is 25.2 Å². The minimum absolute atomic E-state index is 0.119. The maximum absolute atomic E-state index is 14.1. The van der Waals surface area contributed by atoms with Crippen LogP contribution in [0.3, 0.4) is 0 Å². The minimum atomic E-state index is -0.584. The fraction of sp³-hybridized carbons (Fsp3) is 0.333. The van der Waals surface area contributed by atoms with E-state index in [1.165, 1.54) is 6.07 Å². The number of hydrogen-bond acceptors (Lipinski definition) is 2. The Morgan fingerprint density at radius 3 is 2.40 bits per heavy atom. The number of nitrogens with one attached hydrogen (secondary N) is 1. The van der Waals surface area contributed by atoms with Crippen molar-refractivity contribution in [3.8, 4) is 0 Å². The second-order valence-corrected chi connectivity index (χ2v) is 5.80. The molecule has 0 aliphatic heterocycles. The van der Waals surface area contributed by atoms with Crippen molar-refractivity contribution in [3.05, 3.63) is 57.5 Å². The van der Waals surface area contributed by atoms with E-state index in [0.717, 1.165) is 6.07 Å². The van der Waals surface area contributed by atoms with E-state index in [4.69, 9.17) is 4.42 Å². The van der Waals surface area contributed by atoms with Gasteiger partial charge in [-0.2, -0.15) is 0 Å². The molecule has 0 saturated heterocycles. The van der Waals surface area contributed by atoms with Gasteiger partial charge in [0.25, 0.3) is 0 Å². The van der Waals surface area contributed by atoms with E-state index in [2.05, 4.69) is 21.2 Å². The molecule has 1 atom stereocenters. The zero-order chi connectivity index (χ0) is 14.9. The van der Waals surface area contributed by atoms with Gasteiger partial charge in [-0.3, -0.25) is 0 Å². The molecule has 5 heteroatoms. The lowest BCUT2D eigenvalue weighted by atomic mass is 10.0. The van der Waals surface area contributed by atoms with Crippen LogP contribution >= 0.6 is 15.9 Å². The van der Waals surface area contributed by atoms with Gasteiger partial charge in [-0.25, -0.2) is 8.78 Å². The van der Waals surface area contributed by atoms with Crippen molar-refractivity contribution in [3.63, 3.8) is 0 Å². The van der Waals surface area contributed by atoms with Crippen LogP contribution in [-0.2, 0) is 0 Å². The van der Waals surface area contributed by atoms with Gasteiger partial charge < -0.3 is 9.73 Å². The third kappa shape index (κ3) is 3.27. The zero-order valence-electron chi connectivity index (χ0n) is 11.5. The largest absolute Gasteiger partial charge is 0.452 e. The van der Waals surface area contributed by atoms with Crippen molar-refractivity contribution in [2.24, 2.45) is 0 Å². The van der Waals surface area contributed by atoms with Crippen molar-refractivity contribution in [1.29, 1.82) is 0 Å². The number of halogens is 3. The third-order valence-corrected chi connectivity index (χ3v) is 3.39. The number of rotatable bonds is 4. The second-order valence-electron chi connectivity index (χ2n) is 5.02. The van der Waals surface area contributed by atoms with Gasteiger partial charge in [-0.1, -0.05) is 0 Å². The maximum atomic E-state index is 14.1. The Bertz CT molecular complexity index is 610. The summed E-state index contributed by atoms with van der Waals surface area (Å²) in [6.07, 6.45) is 0. The predicted molar refractivity (Wildman–Crippen MR) is 77.6 cm³/mol. The molecule has 20 heavy (non-hydrogen) atoms. The highest BCUT2D eigenvalue weighted by atomic mass is 79.9. The minimum Gasteiger partial charge on any atom is -0.452 e. The molecule has 2 nitrogen and oxygen atoms in total. The summed E-state index contributed by atoms with van der Waals surface area (Å²) in [5.74, 6) is -0.551. The van der Waals surface area contributed by atoms with Crippen molar-refractivity contribution >= 4 is 15.9 Å². The van der Waals surface area contributed by atoms with E-state index in [1.54, 1.807) is 19.1 Å². The molecule has 0 aliphatic carbocycles. The van der Waals surface area contributed by atoms with Crippen LogP contribution in [0.2, 0.25) is 0 Å². The lowest BCUT2D eigenvalue weighted by molar-refractivity contribution is 0.404. The molecule has 0 radical (unpaired) electrons. The van der Waals surface area contributed by atoms with E-state index < -0.39 is 17.7 Å². The van der Waals surface area contributed by atoms with Gasteiger partial charge in [0.15, 0.2) is 4.67 Å². The van der Waals surface area contributed by atoms with Crippen molar-refractivity contribution in [1.82, 2.24) is 5.32 Å². The summed E-state index contributed by atoms with van der Waals surface area (Å²) in [5.41, 5.74) is 0.780. The summed E-state index contributed by atoms with van der Waals surface area (Å²) in [4.78, 5) is 0. The quantitative estimate of drug-likeness (QED) is 0.869. The van der Waals surface area contributed by atoms with Crippen LogP contribution in [0.1, 0.15) is 36.8 Å². The van der Waals surface area contributed by atoms with Crippen LogP contribution in [0.5, 0.6) is 0 Å². The van der Waals surface area contributed by atoms with Gasteiger partial charge in [0.05, 0.1) is 6.04 Å². The van der Waals surface area contributed by atoms with Gasteiger partial charge in [0, 0.05) is 17.7 Å². The third-order valence-electron chi connectivity index (χ3n) is 2.97. The lowest BCUT2D eigenvalue weighted by Crippen LogP contribution is -2.29. The molecule has 1 N–H and O–H groups in total. The summed E-state index contributed by atoms with van der Waals surface area (Å²) >= 11 is 3.24. The van der Waals surface area contributed by atoms with Gasteiger partial charge in [-0.05, 0) is 60.5 Å². The smallest absolute Gasteiger partial charge is 0.169 e. The van der Waals surface area contributed by atoms with Crippen LogP contribution in [0, 0.1) is 18.6 Å². The summed E-state index contributed by atoms with van der Waals surface area (Å²) in [7, 11) is 0. The highest BCUT2D eigenvalue weighted by Gasteiger charge is 2.23. The molecule has 1 heterocycles. The molecule has 2 rings (SSSR count). The molecular weight excluding hydrogens is 328 g/mol. The van der Waals surface area contributed by atoms with E-state index >= 15 is 0 Å². The average molecular weight is 344 g/mol. The first kappa shape index (κ1) is 15.2. The molecular formula is C15H16BrF2NO. The molecule has 0 amide bonds. The molecule has 1 unspecified atom stereocenters. The Morgan fingerprint density at radius 2 is 1.85 bits per heavy atom. The Balaban J connectivity index is 2.49. The number of aryl methyl sites for hydroxylation is 1. The molecule has 2 aromatic rings. The number of hydrogen-bond donors (Lipinski definition) is 1. The Labute approximate surface area is 125 Å². The molecule has 0 fully saturated rings. The maximum Gasteiger partial charge on any atom is 0.169 e. The van der Waals surface area contributed by atoms with Crippen molar-refractivity contribution < 1.29 is 13.2 Å². The molecule has 0 spiro atoms. The predicted octanol–water partition coefficient (Wildman–Crippen LogP) is 4.72. The molecule has 1 aromatic heterocycles. The Morgan fingerprint density at radius 1 is 1.15 bits per heavy atom. The van der Waals surface area contributed by atoms with E-state index in [0.29, 0.717) is 21.6 Å². The SMILES string of the molecule is Cc1cc(C(NC(C)C)c2ccc(Br)o2)c(F)cc1F. The highest BCUT2D eigenvalue weighted by molar-refractivity contribution is 9.10. The van der Waals surface area contributed by atoms with E-state index in [1.807, 2.05) is 13.8 Å². The Hall–Kier alpha value is -1.20. The lowest BCUT2D eigenvalue weighted by Gasteiger charge is -2.21. The fourth-order valence-electron chi connectivity index (χ4n) is 2.04. The zero-order valence-corrected chi connectivity index (χ0v) is 13.1. The standard InChI is InChI=1S/C15H16BrF2NO/c1-8(2)19-15(13-4-5-14(16)20-13)10-6-9(3)11(17)7-12(10)18/h4-8,15,19H,1-3H3. The summed E-state index contributed by atoms with van der Waals surface area (Å²) in [6.45, 7) is 5.53. The van der Waals surface area contributed by atoms with Crippen LogP contribution in [0.15, 0.2) is 33.4 Å². The fourth-order valence-corrected chi connectivity index (χ4v) is 2.36. The summed E-state index contributed by atoms with van der Waals surface area (Å²) in [5, 5.41) is 3.24.